The fourth-order valence-electron chi connectivity index (χ4n) is 2.56. The maximum Gasteiger partial charge on any atom is 0.277 e. The Labute approximate surface area is 137 Å². The molecule has 3 nitrogen and oxygen atoms in total. The Hall–Kier alpha value is -1.94. The molecule has 3 aromatic rings. The lowest BCUT2D eigenvalue weighted by Gasteiger charge is -2.12. The van der Waals surface area contributed by atoms with Crippen molar-refractivity contribution in [3.8, 4) is 11.3 Å². The number of aryl methyl sites for hydroxylation is 1. The number of hydrogen-bond donors (Lipinski definition) is 0. The number of para-hydroxylation sites is 2. The average Bonchev–Trinajstić information content (AvgIpc) is 2.57. The molecule has 0 amide bonds. The van der Waals surface area contributed by atoms with Gasteiger partial charge >= 0.3 is 0 Å². The molecule has 0 bridgehead atoms. The monoisotopic (exact) mass is 356 g/mol. The van der Waals surface area contributed by atoms with Crippen LogP contribution in [0.25, 0.3) is 22.3 Å². The Morgan fingerprint density at radius 3 is 2.45 bits per heavy atom. The van der Waals surface area contributed by atoms with Crippen LogP contribution in [0.2, 0.25) is 0 Å². The van der Waals surface area contributed by atoms with Crippen LogP contribution in [-0.2, 0) is 6.54 Å². The van der Waals surface area contributed by atoms with Gasteiger partial charge in [-0.2, -0.15) is 0 Å². The highest BCUT2D eigenvalue weighted by Crippen LogP contribution is 2.17. The SMILES string of the molecule is O=c1c(-c2ccccc2)nc2ccccc2n1CCCCBr. The van der Waals surface area contributed by atoms with Gasteiger partial charge in [-0.15, -0.1) is 0 Å². The molecule has 0 aliphatic rings. The van der Waals surface area contributed by atoms with Gasteiger partial charge in [-0.3, -0.25) is 4.79 Å². The minimum absolute atomic E-state index is 0.0144. The summed E-state index contributed by atoms with van der Waals surface area (Å²) >= 11 is 3.44. The molecule has 0 aliphatic heterocycles. The predicted octanol–water partition coefficient (Wildman–Crippen LogP) is 4.24. The number of halogens is 1. The van der Waals surface area contributed by atoms with E-state index in [4.69, 9.17) is 0 Å². The molecule has 0 fully saturated rings. The van der Waals surface area contributed by atoms with Gasteiger partial charge in [0.25, 0.3) is 5.56 Å². The maximum absolute atomic E-state index is 12.9. The van der Waals surface area contributed by atoms with Crippen molar-refractivity contribution in [3.05, 3.63) is 65.0 Å². The number of benzene rings is 2. The summed E-state index contributed by atoms with van der Waals surface area (Å²) in [5.41, 5.74) is 3.15. The molecule has 0 saturated carbocycles. The maximum atomic E-state index is 12.9. The third-order valence-electron chi connectivity index (χ3n) is 3.67. The van der Waals surface area contributed by atoms with Crippen LogP contribution in [0, 0.1) is 0 Å². The van der Waals surface area contributed by atoms with E-state index in [1.807, 2.05) is 59.2 Å². The fraction of sp³-hybridized carbons (Fsp3) is 0.222. The molecule has 0 unspecified atom stereocenters. The van der Waals surface area contributed by atoms with Crippen molar-refractivity contribution in [3.63, 3.8) is 0 Å². The fourth-order valence-corrected chi connectivity index (χ4v) is 2.96. The van der Waals surface area contributed by atoms with E-state index >= 15 is 0 Å². The van der Waals surface area contributed by atoms with Gasteiger partial charge < -0.3 is 4.57 Å². The molecule has 0 N–H and O–H groups in total. The highest BCUT2D eigenvalue weighted by atomic mass is 79.9. The smallest absolute Gasteiger partial charge is 0.277 e. The zero-order valence-electron chi connectivity index (χ0n) is 12.2. The first-order chi connectivity index (χ1) is 10.8. The van der Waals surface area contributed by atoms with Crippen molar-refractivity contribution in [2.45, 2.75) is 19.4 Å². The van der Waals surface area contributed by atoms with Crippen LogP contribution < -0.4 is 5.56 Å². The molecule has 0 radical (unpaired) electrons. The summed E-state index contributed by atoms with van der Waals surface area (Å²) in [6.45, 7) is 0.716. The summed E-state index contributed by atoms with van der Waals surface area (Å²) in [6.07, 6.45) is 2.01. The topological polar surface area (TPSA) is 34.9 Å². The minimum atomic E-state index is -0.0144. The molecule has 4 heteroatoms. The quantitative estimate of drug-likeness (QED) is 0.506. The Balaban J connectivity index is 2.18. The van der Waals surface area contributed by atoms with Gasteiger partial charge in [-0.25, -0.2) is 4.98 Å². The van der Waals surface area contributed by atoms with Crippen LogP contribution in [0.3, 0.4) is 0 Å². The second kappa shape index (κ2) is 6.88. The number of hydrogen-bond acceptors (Lipinski definition) is 2. The summed E-state index contributed by atoms with van der Waals surface area (Å²) in [4.78, 5) is 17.5. The Kier molecular flexibility index (Phi) is 4.68. The zero-order valence-corrected chi connectivity index (χ0v) is 13.8. The van der Waals surface area contributed by atoms with Gasteiger partial charge in [-0.05, 0) is 25.0 Å². The van der Waals surface area contributed by atoms with Gasteiger partial charge in [0, 0.05) is 17.4 Å². The Bertz CT molecular complexity index is 827. The van der Waals surface area contributed by atoms with Crippen molar-refractivity contribution in [2.24, 2.45) is 0 Å². The summed E-state index contributed by atoms with van der Waals surface area (Å²) in [5.74, 6) is 0. The van der Waals surface area contributed by atoms with E-state index in [-0.39, 0.29) is 5.56 Å². The van der Waals surface area contributed by atoms with E-state index in [0.717, 1.165) is 34.8 Å². The van der Waals surface area contributed by atoms with Gasteiger partial charge in [0.15, 0.2) is 0 Å². The van der Waals surface area contributed by atoms with Crippen molar-refractivity contribution in [1.82, 2.24) is 9.55 Å². The minimum Gasteiger partial charge on any atom is -0.305 e. The van der Waals surface area contributed by atoms with Crippen LogP contribution in [0.15, 0.2) is 59.4 Å². The number of fused-ring (bicyclic) bond motifs is 1. The molecular weight excluding hydrogens is 340 g/mol. The van der Waals surface area contributed by atoms with Gasteiger partial charge in [0.2, 0.25) is 0 Å². The molecule has 3 rings (SSSR count). The first kappa shape index (κ1) is 15.0. The van der Waals surface area contributed by atoms with E-state index < -0.39 is 0 Å². The van der Waals surface area contributed by atoms with Crippen LogP contribution in [0.5, 0.6) is 0 Å². The molecule has 0 spiro atoms. The number of nitrogens with zero attached hydrogens (tertiary/aromatic N) is 2. The summed E-state index contributed by atoms with van der Waals surface area (Å²) < 4.78 is 1.85. The lowest BCUT2D eigenvalue weighted by atomic mass is 10.1. The number of unbranched alkanes of at least 4 members (excludes halogenated alkanes) is 1. The van der Waals surface area contributed by atoms with E-state index in [1.165, 1.54) is 0 Å². The Morgan fingerprint density at radius 2 is 1.68 bits per heavy atom. The zero-order chi connectivity index (χ0) is 15.4. The van der Waals surface area contributed by atoms with Crippen LogP contribution >= 0.6 is 15.9 Å². The van der Waals surface area contributed by atoms with E-state index in [2.05, 4.69) is 20.9 Å². The molecular formula is C18H17BrN2O. The number of alkyl halides is 1. The molecule has 2 aromatic carbocycles. The van der Waals surface area contributed by atoms with Gasteiger partial charge in [0.05, 0.1) is 11.0 Å². The summed E-state index contributed by atoms with van der Waals surface area (Å²) in [6, 6.07) is 17.5. The summed E-state index contributed by atoms with van der Waals surface area (Å²) in [5, 5.41) is 0.955. The van der Waals surface area contributed by atoms with Crippen LogP contribution in [0.1, 0.15) is 12.8 Å². The predicted molar refractivity (Wildman–Crippen MR) is 94.5 cm³/mol. The number of rotatable bonds is 5. The normalized spacial score (nSPS) is 11.0. The van der Waals surface area contributed by atoms with Crippen molar-refractivity contribution in [2.75, 3.05) is 5.33 Å². The molecule has 1 aromatic heterocycles. The largest absolute Gasteiger partial charge is 0.305 e. The first-order valence-electron chi connectivity index (χ1n) is 7.42. The lowest BCUT2D eigenvalue weighted by molar-refractivity contribution is 0.634. The Morgan fingerprint density at radius 1 is 0.955 bits per heavy atom. The molecule has 0 atom stereocenters. The third-order valence-corrected chi connectivity index (χ3v) is 4.23. The van der Waals surface area contributed by atoms with Crippen molar-refractivity contribution < 1.29 is 0 Å². The second-order valence-corrected chi connectivity index (χ2v) is 5.96. The average molecular weight is 357 g/mol. The third kappa shape index (κ3) is 2.97. The standard InChI is InChI=1S/C18H17BrN2O/c19-12-6-7-13-21-16-11-5-4-10-15(16)20-17(18(21)22)14-8-2-1-3-9-14/h1-5,8-11H,6-7,12-13H2. The second-order valence-electron chi connectivity index (χ2n) is 5.17. The molecule has 1 heterocycles. The molecule has 0 aliphatic carbocycles. The van der Waals surface area contributed by atoms with Gasteiger partial charge in [0.1, 0.15) is 5.69 Å². The highest BCUT2D eigenvalue weighted by molar-refractivity contribution is 9.09. The molecule has 112 valence electrons. The summed E-state index contributed by atoms with van der Waals surface area (Å²) in [7, 11) is 0. The van der Waals surface area contributed by atoms with E-state index in [1.54, 1.807) is 0 Å². The lowest BCUT2D eigenvalue weighted by Crippen LogP contribution is -2.24. The van der Waals surface area contributed by atoms with E-state index in [9.17, 15) is 4.79 Å². The van der Waals surface area contributed by atoms with Gasteiger partial charge in [-0.1, -0.05) is 58.4 Å². The first-order valence-corrected chi connectivity index (χ1v) is 8.54. The van der Waals surface area contributed by atoms with Crippen LogP contribution in [-0.4, -0.2) is 14.9 Å². The van der Waals surface area contributed by atoms with E-state index in [0.29, 0.717) is 12.2 Å². The number of aromatic nitrogens is 2. The van der Waals surface area contributed by atoms with Crippen molar-refractivity contribution in [1.29, 1.82) is 0 Å². The van der Waals surface area contributed by atoms with Crippen LogP contribution in [0.4, 0.5) is 0 Å². The highest BCUT2D eigenvalue weighted by Gasteiger charge is 2.11. The molecule has 22 heavy (non-hydrogen) atoms. The molecule has 0 saturated heterocycles. The van der Waals surface area contributed by atoms with Crippen molar-refractivity contribution >= 4 is 27.0 Å².